The number of nitrogens with one attached hydrogen (secondary N) is 6. The fourth-order valence-electron chi connectivity index (χ4n) is 10.8. The highest BCUT2D eigenvalue weighted by atomic mass is 127. The number of carbonyl (C=O) groups is 3. The van der Waals surface area contributed by atoms with E-state index in [1.165, 1.54) is 172 Å². The van der Waals surface area contributed by atoms with Gasteiger partial charge in [0.05, 0.1) is 52.1 Å². The predicted molar refractivity (Wildman–Crippen MR) is 428 cm³/mol. The summed E-state index contributed by atoms with van der Waals surface area (Å²) in [6.07, 6.45) is 5.06. The van der Waals surface area contributed by atoms with Crippen molar-refractivity contribution in [1.82, 2.24) is 67.1 Å². The summed E-state index contributed by atoms with van der Waals surface area (Å²) in [5.74, 6) is -3.09. The molecule has 0 spiro atoms. The molecule has 0 saturated heterocycles. The van der Waals surface area contributed by atoms with Crippen molar-refractivity contribution in [2.75, 3.05) is 41.5 Å². The molecule has 556 valence electrons. The summed E-state index contributed by atoms with van der Waals surface area (Å²) in [6.45, 7) is 2.00. The quantitative estimate of drug-likeness (QED) is 0.0356. The van der Waals surface area contributed by atoms with Gasteiger partial charge < -0.3 is 61.0 Å². The average Bonchev–Trinajstić information content (AvgIpc) is 0.780. The number of primary amides is 1. The maximum atomic E-state index is 14.2. The molecule has 12 aromatic rings. The summed E-state index contributed by atoms with van der Waals surface area (Å²) in [7, 11) is 7.52. The average molecular weight is 1920 g/mol. The van der Waals surface area contributed by atoms with Gasteiger partial charge in [0.1, 0.15) is 99.3 Å². The first-order chi connectivity index (χ1) is 50.8. The molecule has 0 aliphatic carbocycles. The lowest BCUT2D eigenvalue weighted by Gasteiger charge is -2.16. The number of likely N-dealkylation sites (N-methyl/N-ethyl adjacent to an activating group) is 1. The SMILES string of the molecule is CC(=O)NCCn1cnc(=O)c2c(Nc3ccc(I)cc3F)cc(=O)n(C)c21.CNC(=O)Cn1cnc(=O)c2c(Nc3ccc(I)cc3F)cc(=O)n(C)c21.Cn1c(=O)cc(Nc2ccc(I)cc2F)c2c(=O)ncn(CCC(N)=O)c21.Cn1c(=O)cc(Nc2ccc(I)cc2F)c2c(=O)ncn(CCO)c21. The van der Waals surface area contributed by atoms with Crippen LogP contribution < -0.4 is 82.1 Å². The van der Waals surface area contributed by atoms with Gasteiger partial charge in [0.15, 0.2) is 0 Å². The largest absolute Gasteiger partial charge is 0.395 e. The van der Waals surface area contributed by atoms with Crippen LogP contribution in [-0.4, -0.2) is 99.5 Å². The minimum absolute atomic E-state index is 0.0112. The summed E-state index contributed by atoms with van der Waals surface area (Å²) < 4.78 is 70.8. The van der Waals surface area contributed by atoms with Crippen LogP contribution in [0.15, 0.2) is 161 Å². The van der Waals surface area contributed by atoms with Crippen LogP contribution in [-0.2, 0) is 68.8 Å². The molecule has 0 saturated carbocycles. The second kappa shape index (κ2) is 35.2. The lowest BCUT2D eigenvalue weighted by molar-refractivity contribution is -0.121. The van der Waals surface area contributed by atoms with E-state index in [0.29, 0.717) is 31.5 Å². The molecule has 0 fully saturated rings. The van der Waals surface area contributed by atoms with Crippen molar-refractivity contribution in [2.45, 2.75) is 39.5 Å². The zero-order chi connectivity index (χ0) is 78.0. The predicted octanol–water partition coefficient (Wildman–Crippen LogP) is 6.08. The van der Waals surface area contributed by atoms with Crippen molar-refractivity contribution in [3.05, 3.63) is 243 Å². The maximum absolute atomic E-state index is 14.2. The van der Waals surface area contributed by atoms with Crippen LogP contribution >= 0.6 is 90.4 Å². The fraction of sp³-hybridized carbons (Fsp3) is 0.191. The van der Waals surface area contributed by atoms with E-state index >= 15 is 0 Å². The maximum Gasteiger partial charge on any atom is 0.284 e. The molecule has 3 amide bonds. The number of fused-ring (bicyclic) bond motifs is 4. The van der Waals surface area contributed by atoms with Crippen molar-refractivity contribution < 1.29 is 37.1 Å². The van der Waals surface area contributed by atoms with Gasteiger partial charge in [-0.3, -0.25) is 71.0 Å². The van der Waals surface area contributed by atoms with Gasteiger partial charge in [-0.05, 0) is 163 Å². The first-order valence-corrected chi connectivity index (χ1v) is 35.7. The topological polar surface area (TPSA) is 397 Å². The van der Waals surface area contributed by atoms with Crippen LogP contribution in [0, 0.1) is 37.5 Å². The van der Waals surface area contributed by atoms with Crippen molar-refractivity contribution in [2.24, 2.45) is 33.9 Å². The monoisotopic (exact) mass is 1920 g/mol. The number of anilines is 8. The lowest BCUT2D eigenvalue weighted by atomic mass is 10.2. The Morgan fingerprint density at radius 3 is 0.981 bits per heavy atom. The summed E-state index contributed by atoms with van der Waals surface area (Å²) in [5, 5.41) is 26.1. The zero-order valence-corrected chi connectivity index (χ0v) is 65.5. The molecule has 39 heteroatoms. The minimum Gasteiger partial charge on any atom is -0.395 e. The number of hydrogen-bond donors (Lipinski definition) is 8. The van der Waals surface area contributed by atoms with Gasteiger partial charge in [-0.15, -0.1) is 0 Å². The summed E-state index contributed by atoms with van der Waals surface area (Å²) in [4.78, 5) is 148. The molecule has 107 heavy (non-hydrogen) atoms. The number of hydrogen-bond acceptors (Lipinski definition) is 20. The molecule has 0 atom stereocenters. The van der Waals surface area contributed by atoms with E-state index in [9.17, 15) is 75.4 Å². The molecule has 0 aliphatic rings. The number of benzene rings is 4. The Hall–Kier alpha value is -10.6. The van der Waals surface area contributed by atoms with E-state index < -0.39 is 62.5 Å². The van der Waals surface area contributed by atoms with Crippen LogP contribution in [0.25, 0.3) is 44.1 Å². The number of amides is 3. The smallest absolute Gasteiger partial charge is 0.284 e. The van der Waals surface area contributed by atoms with Crippen molar-refractivity contribution in [3.63, 3.8) is 0 Å². The Balaban J connectivity index is 0.000000165. The summed E-state index contributed by atoms with van der Waals surface area (Å²) in [6, 6.07) is 23.1. The van der Waals surface area contributed by atoms with Gasteiger partial charge in [0.2, 0.25) is 17.7 Å². The fourth-order valence-corrected chi connectivity index (χ4v) is 12.6. The molecule has 4 aromatic carbocycles. The number of aromatic nitrogens is 12. The van der Waals surface area contributed by atoms with Crippen LogP contribution in [0.2, 0.25) is 0 Å². The van der Waals surface area contributed by atoms with E-state index in [0.717, 1.165) is 7.14 Å². The molecular formula is C68H61F4I4N19O12. The first kappa shape index (κ1) is 80.5. The van der Waals surface area contributed by atoms with E-state index in [4.69, 9.17) is 5.73 Å². The molecule has 0 unspecified atom stereocenters. The van der Waals surface area contributed by atoms with Gasteiger partial charge >= 0.3 is 0 Å². The number of pyridine rings is 4. The number of nitrogens with two attached hydrogens (primary N) is 1. The van der Waals surface area contributed by atoms with Crippen LogP contribution in [0.5, 0.6) is 0 Å². The molecule has 0 radical (unpaired) electrons. The molecule has 9 N–H and O–H groups in total. The second-order valence-electron chi connectivity index (χ2n) is 23.1. The number of rotatable bonds is 18. The molecular weight excluding hydrogens is 1860 g/mol. The highest BCUT2D eigenvalue weighted by Gasteiger charge is 2.22. The molecule has 12 rings (SSSR count). The first-order valence-electron chi connectivity index (χ1n) is 31.4. The molecule has 31 nitrogen and oxygen atoms in total. The van der Waals surface area contributed by atoms with Gasteiger partial charge in [-0.1, -0.05) is 0 Å². The number of halogens is 8. The number of aryl methyl sites for hydroxylation is 5. The third-order valence-corrected chi connectivity index (χ3v) is 18.6. The Bertz CT molecular complexity index is 6070. The highest BCUT2D eigenvalue weighted by molar-refractivity contribution is 14.1. The van der Waals surface area contributed by atoms with Crippen molar-refractivity contribution >= 4 is 198 Å². The van der Waals surface area contributed by atoms with E-state index in [1.54, 1.807) is 28.8 Å². The number of carbonyl (C=O) groups excluding carboxylic acids is 3. The van der Waals surface area contributed by atoms with E-state index in [2.05, 4.69) is 51.8 Å². The summed E-state index contributed by atoms with van der Waals surface area (Å²) >= 11 is 7.93. The molecule has 0 bridgehead atoms. The Morgan fingerprint density at radius 2 is 0.710 bits per heavy atom. The van der Waals surface area contributed by atoms with E-state index in [1.807, 2.05) is 90.4 Å². The second-order valence-corrected chi connectivity index (χ2v) is 28.1. The summed E-state index contributed by atoms with van der Waals surface area (Å²) in [5.41, 5.74) is 3.55. The van der Waals surface area contributed by atoms with E-state index in [-0.39, 0.29) is 134 Å². The molecule has 8 heterocycles. The van der Waals surface area contributed by atoms with Crippen LogP contribution in [0.4, 0.5) is 63.1 Å². The van der Waals surface area contributed by atoms with Crippen molar-refractivity contribution in [1.29, 1.82) is 0 Å². The Morgan fingerprint density at radius 1 is 0.430 bits per heavy atom. The standard InChI is InChI=1S/C18H17FIN5O3.2C17H15FIN5O3.C16H14FIN4O3/c1-10(26)21-5-6-25-9-22-17(28)16-14(8-15(27)24(2)18(16)25)23-13-4-3-11(20)7-12(13)19;1-20-13(25)7-24-8-21-16(27)15-12(6-14(26)23(2)17(15)24)22-11-4-3-9(19)5-10(11)18;1-23-14(26)7-12(22-11-3-2-9(19)6-10(11)18)15-16(27)21-8-24(17(15)23)5-4-13(20)25;1-21-13(24)7-12(20-11-3-2-9(18)6-10(11)17)14-15(25)19-8-22(4-5-23)16(14)21/h3-4,7-9,23H,5-6H2,1-2H3,(H,21,26);3-6,8,22H,7H2,1-2H3,(H,20,25);2-3,6-8,22H,4-5H2,1H3,(H2,20,25);2-3,6-8,20,23H,4-5H2,1H3. The Kier molecular flexibility index (Phi) is 26.5. The third-order valence-electron chi connectivity index (χ3n) is 15.9. The Labute approximate surface area is 654 Å². The van der Waals surface area contributed by atoms with Gasteiger partial charge in [0, 0.05) is 113 Å². The zero-order valence-electron chi connectivity index (χ0n) is 56.9. The van der Waals surface area contributed by atoms with Gasteiger partial charge in [-0.2, -0.15) is 19.9 Å². The number of nitrogens with zero attached hydrogens (tertiary/aromatic N) is 12. The minimum atomic E-state index is -0.595. The number of aliphatic hydroxyl groups excluding tert-OH is 1. The molecule has 8 aromatic heterocycles. The van der Waals surface area contributed by atoms with Gasteiger partial charge in [-0.25, -0.2) is 17.6 Å². The third kappa shape index (κ3) is 19.0. The number of aliphatic hydroxyl groups is 1. The highest BCUT2D eigenvalue weighted by Crippen LogP contribution is 2.30. The molecule has 0 aliphatic heterocycles. The van der Waals surface area contributed by atoms with Gasteiger partial charge in [0.25, 0.3) is 44.5 Å². The van der Waals surface area contributed by atoms with Crippen LogP contribution in [0.3, 0.4) is 0 Å². The lowest BCUT2D eigenvalue weighted by Crippen LogP contribution is -2.29. The van der Waals surface area contributed by atoms with Crippen molar-refractivity contribution in [3.8, 4) is 0 Å². The normalized spacial score (nSPS) is 10.9. The van der Waals surface area contributed by atoms with Crippen LogP contribution in [0.1, 0.15) is 13.3 Å².